The number of aryl methyl sites for hydroxylation is 1. The van der Waals surface area contributed by atoms with Crippen LogP contribution in [0.15, 0.2) is 21.2 Å². The predicted molar refractivity (Wildman–Crippen MR) is 88.1 cm³/mol. The normalized spacial score (nSPS) is 17.2. The Balaban J connectivity index is 1.56. The van der Waals surface area contributed by atoms with Gasteiger partial charge < -0.3 is 9.15 Å². The minimum atomic E-state index is 0.743. The zero-order chi connectivity index (χ0) is 15.4. The van der Waals surface area contributed by atoms with Crippen LogP contribution in [0.2, 0.25) is 0 Å². The second-order valence-corrected chi connectivity index (χ2v) is 6.42. The Hall–Kier alpha value is -1.21. The van der Waals surface area contributed by atoms with Crippen LogP contribution in [0.4, 0.5) is 0 Å². The zero-order valence-corrected chi connectivity index (χ0v) is 14.1. The Morgan fingerprint density at radius 2 is 2.05 bits per heavy atom. The van der Waals surface area contributed by atoms with E-state index in [1.54, 1.807) is 18.4 Å². The van der Waals surface area contributed by atoms with Gasteiger partial charge >= 0.3 is 0 Å². The number of aromatic nitrogens is 1. The summed E-state index contributed by atoms with van der Waals surface area (Å²) < 4.78 is 11.0. The van der Waals surface area contributed by atoms with Crippen LogP contribution < -0.4 is 0 Å². The number of nitrogens with zero attached hydrogens (tertiary/aromatic N) is 3. The first-order chi connectivity index (χ1) is 10.8. The monoisotopic (exact) mass is 321 g/mol. The molecule has 2 aromatic heterocycles. The molecule has 1 aliphatic rings. The first-order valence-electron chi connectivity index (χ1n) is 7.69. The maximum atomic E-state index is 5.82. The maximum Gasteiger partial charge on any atom is 0.227 e. The summed E-state index contributed by atoms with van der Waals surface area (Å²) in [5.74, 6) is 1.68. The fraction of sp³-hybridized carbons (Fsp3) is 0.562. The largest absolute Gasteiger partial charge is 0.441 e. The molecule has 120 valence electrons. The van der Waals surface area contributed by atoms with Crippen LogP contribution in [0.1, 0.15) is 11.5 Å². The van der Waals surface area contributed by atoms with Crippen molar-refractivity contribution in [2.24, 2.45) is 0 Å². The van der Waals surface area contributed by atoms with Gasteiger partial charge in [0.05, 0.1) is 12.3 Å². The van der Waals surface area contributed by atoms with Crippen LogP contribution >= 0.6 is 11.3 Å². The van der Waals surface area contributed by atoms with E-state index in [1.165, 1.54) is 0 Å². The average Bonchev–Trinajstić information content (AvgIpc) is 3.17. The highest BCUT2D eigenvalue weighted by molar-refractivity contribution is 7.08. The van der Waals surface area contributed by atoms with Crippen molar-refractivity contribution >= 4 is 11.3 Å². The van der Waals surface area contributed by atoms with Crippen molar-refractivity contribution < 1.29 is 9.15 Å². The third-order valence-electron chi connectivity index (χ3n) is 4.11. The van der Waals surface area contributed by atoms with Crippen LogP contribution in [-0.2, 0) is 11.3 Å². The second kappa shape index (κ2) is 7.37. The first kappa shape index (κ1) is 15.7. The van der Waals surface area contributed by atoms with E-state index in [-0.39, 0.29) is 0 Å². The van der Waals surface area contributed by atoms with Gasteiger partial charge in [0.25, 0.3) is 0 Å². The van der Waals surface area contributed by atoms with Crippen LogP contribution in [0.5, 0.6) is 0 Å². The fourth-order valence-corrected chi connectivity index (χ4v) is 3.32. The summed E-state index contributed by atoms with van der Waals surface area (Å²) in [6.45, 7) is 9.05. The second-order valence-electron chi connectivity index (χ2n) is 5.64. The summed E-state index contributed by atoms with van der Waals surface area (Å²) in [5, 5.41) is 4.12. The Labute approximate surface area is 135 Å². The standard InChI is InChI=1S/C16H23N3O2S/c1-13-15(17-16(21-13)14-3-10-22-12-14)11-19-6-4-18(5-7-19)8-9-20-2/h3,10,12H,4-9,11H2,1-2H3. The number of methoxy groups -OCH3 is 1. The first-order valence-corrected chi connectivity index (χ1v) is 8.63. The molecule has 1 aliphatic heterocycles. The van der Waals surface area contributed by atoms with Crippen LogP contribution in [-0.4, -0.2) is 61.2 Å². The Bertz CT molecular complexity index is 574. The molecule has 0 radical (unpaired) electrons. The maximum absolute atomic E-state index is 5.82. The molecule has 0 N–H and O–H groups in total. The highest BCUT2D eigenvalue weighted by atomic mass is 32.1. The van der Waals surface area contributed by atoms with Gasteiger partial charge in [0.2, 0.25) is 5.89 Å². The molecule has 0 unspecified atom stereocenters. The summed E-state index contributed by atoms with van der Waals surface area (Å²) in [7, 11) is 1.76. The van der Waals surface area contributed by atoms with E-state index in [0.29, 0.717) is 0 Å². The predicted octanol–water partition coefficient (Wildman–Crippen LogP) is 2.48. The molecule has 1 fully saturated rings. The lowest BCUT2D eigenvalue weighted by molar-refractivity contribution is 0.0931. The topological polar surface area (TPSA) is 41.7 Å². The smallest absolute Gasteiger partial charge is 0.227 e. The van der Waals surface area contributed by atoms with E-state index >= 15 is 0 Å². The average molecular weight is 321 g/mol. The van der Waals surface area contributed by atoms with Crippen LogP contribution in [0.3, 0.4) is 0 Å². The molecule has 0 atom stereocenters. The molecule has 0 amide bonds. The molecular formula is C16H23N3O2S. The fourth-order valence-electron chi connectivity index (χ4n) is 2.69. The summed E-state index contributed by atoms with van der Waals surface area (Å²) in [6, 6.07) is 2.05. The zero-order valence-electron chi connectivity index (χ0n) is 13.2. The Morgan fingerprint density at radius 1 is 1.27 bits per heavy atom. The van der Waals surface area contributed by atoms with Gasteiger partial charge in [-0.1, -0.05) is 0 Å². The quantitative estimate of drug-likeness (QED) is 0.817. The number of piperazine rings is 1. The lowest BCUT2D eigenvalue weighted by Gasteiger charge is -2.34. The van der Waals surface area contributed by atoms with Gasteiger partial charge in [0.15, 0.2) is 0 Å². The highest BCUT2D eigenvalue weighted by Crippen LogP contribution is 2.24. The van der Waals surface area contributed by atoms with Crippen molar-refractivity contribution in [2.45, 2.75) is 13.5 Å². The molecule has 22 heavy (non-hydrogen) atoms. The van der Waals surface area contributed by atoms with Gasteiger partial charge in [-0.25, -0.2) is 4.98 Å². The molecule has 2 aromatic rings. The molecule has 5 nitrogen and oxygen atoms in total. The lowest BCUT2D eigenvalue weighted by atomic mass is 10.2. The lowest BCUT2D eigenvalue weighted by Crippen LogP contribution is -2.46. The molecule has 0 spiro atoms. The van der Waals surface area contributed by atoms with Gasteiger partial charge in [0.1, 0.15) is 5.76 Å². The van der Waals surface area contributed by atoms with Crippen molar-refractivity contribution in [1.29, 1.82) is 0 Å². The molecular weight excluding hydrogens is 298 g/mol. The molecule has 0 bridgehead atoms. The minimum Gasteiger partial charge on any atom is -0.441 e. The molecule has 0 saturated carbocycles. The SMILES string of the molecule is COCCN1CCN(Cc2nc(-c3ccsc3)oc2C)CC1. The highest BCUT2D eigenvalue weighted by Gasteiger charge is 2.19. The molecule has 3 rings (SSSR count). The van der Waals surface area contributed by atoms with Crippen molar-refractivity contribution in [1.82, 2.24) is 14.8 Å². The van der Waals surface area contributed by atoms with Crippen LogP contribution in [0.25, 0.3) is 11.5 Å². The molecule has 0 aliphatic carbocycles. The van der Waals surface area contributed by atoms with E-state index in [4.69, 9.17) is 9.15 Å². The molecule has 1 saturated heterocycles. The molecule has 3 heterocycles. The van der Waals surface area contributed by atoms with Crippen molar-refractivity contribution in [3.8, 4) is 11.5 Å². The molecule has 6 heteroatoms. The van der Waals surface area contributed by atoms with Crippen LogP contribution in [0, 0.1) is 6.92 Å². The third-order valence-corrected chi connectivity index (χ3v) is 4.79. The van der Waals surface area contributed by atoms with Gasteiger partial charge in [-0.15, -0.1) is 0 Å². The summed E-state index contributed by atoms with van der Waals surface area (Å²) in [6.07, 6.45) is 0. The number of thiophene rings is 1. The summed E-state index contributed by atoms with van der Waals surface area (Å²) in [4.78, 5) is 9.58. The Morgan fingerprint density at radius 3 is 2.73 bits per heavy atom. The number of hydrogen-bond acceptors (Lipinski definition) is 6. The van der Waals surface area contributed by atoms with Crippen molar-refractivity contribution in [3.05, 3.63) is 28.3 Å². The number of ether oxygens (including phenoxy) is 1. The Kier molecular flexibility index (Phi) is 5.25. The third kappa shape index (κ3) is 3.76. The van der Waals surface area contributed by atoms with Gasteiger partial charge in [-0.3, -0.25) is 9.80 Å². The molecule has 0 aromatic carbocycles. The van der Waals surface area contributed by atoms with E-state index in [9.17, 15) is 0 Å². The van der Waals surface area contributed by atoms with Gasteiger partial charge in [0, 0.05) is 57.3 Å². The summed E-state index contributed by atoms with van der Waals surface area (Å²) in [5.41, 5.74) is 2.13. The minimum absolute atomic E-state index is 0.743. The number of oxazole rings is 1. The van der Waals surface area contributed by atoms with E-state index in [2.05, 4.69) is 20.2 Å². The summed E-state index contributed by atoms with van der Waals surface area (Å²) >= 11 is 1.67. The van der Waals surface area contributed by atoms with E-state index in [1.807, 2.05) is 18.4 Å². The van der Waals surface area contributed by atoms with Gasteiger partial charge in [-0.2, -0.15) is 11.3 Å². The number of hydrogen-bond donors (Lipinski definition) is 0. The van der Waals surface area contributed by atoms with Crippen molar-refractivity contribution in [2.75, 3.05) is 46.4 Å². The van der Waals surface area contributed by atoms with E-state index < -0.39 is 0 Å². The van der Waals surface area contributed by atoms with Gasteiger partial charge in [-0.05, 0) is 18.4 Å². The van der Waals surface area contributed by atoms with Crippen molar-refractivity contribution in [3.63, 3.8) is 0 Å². The number of rotatable bonds is 6. The van der Waals surface area contributed by atoms with E-state index in [0.717, 1.165) is 68.8 Å².